The van der Waals surface area contributed by atoms with Gasteiger partial charge in [0, 0.05) is 13.1 Å². The van der Waals surface area contributed by atoms with Gasteiger partial charge in [-0.15, -0.1) is 11.6 Å². The van der Waals surface area contributed by atoms with Crippen molar-refractivity contribution in [2.45, 2.75) is 243 Å². The first-order valence-corrected chi connectivity index (χ1v) is 35.3. The number of alkyl halides is 1. The van der Waals surface area contributed by atoms with Gasteiger partial charge in [0.2, 0.25) is 47.3 Å². The quantitative estimate of drug-likeness (QED) is 0.0108. The van der Waals surface area contributed by atoms with Gasteiger partial charge in [-0.1, -0.05) is 83.6 Å². The van der Waals surface area contributed by atoms with Crippen molar-refractivity contribution in [2.75, 3.05) is 32.1 Å². The van der Waals surface area contributed by atoms with Gasteiger partial charge in [0.25, 0.3) is 5.91 Å². The SMILES string of the molecule is C/C=C1/NC(=O)[C@H]([C@H](C)O)NC(=O)[C@H](CCN)NC(=O)[C@H](CCCCNC(=O)OCc2oc(=O)oc2C)NC(=O)[C@H](CC(=O)O)NC(=O)[C@@H](CCNC(=O)OCc2oc(=O)oc2C)NC(=O)[C@@H](NC(=O)C[C@H](O)CCCCCCCCCCCCC)COC(=O)[C@H]([C@H](O)CCl)NC(=O)[C@H]([C@H](O)C(=O)O)NC1=O. The van der Waals surface area contributed by atoms with E-state index in [2.05, 4.69) is 54.8 Å². The maximum absolute atomic E-state index is 14.7. The fraction of sp³-hybridized carbons (Fsp3) is 0.662. The molecule has 600 valence electrons. The number of nitrogens with two attached hydrogens (primary N) is 1. The first-order chi connectivity index (χ1) is 50.7. The average molecular weight is 1550 g/mol. The standard InChI is InChI=1S/C65H99ClN12O29/c1-6-8-9-10-11-12-13-14-15-16-17-20-36(80)27-46(82)70-42-30-101-61(96)49(43(81)29-66)77-59(93)50(51(85)60(94)95)78-52(86)37(7-2)71-58(92)48(33(3)79)76-55(89)39(22-24-67)73-53(87)38(21-18-19-25-68-62(97)102-31-44-34(4)104-64(99)106-44)72-56(90)41(28-47(83)84)75-54(88)40(74-57(42)91)23-26-69-63(98)103-32-45-35(5)105-65(100)107-45/h7,33,36,38-43,48-51,79-81,85H,6,8-32,67H2,1-5H3,(H,68,97)(H,69,98)(H,70,82)(H,71,92)(H,72,90)(H,73,87)(H,74,91)(H,75,88)(H,76,89)(H,77,93)(H,78,86)(H,83,84)(H,94,95)/b37-7+/t33-,36+,38-,39-,40+,41-,42-,43+,48-,49-,50-,51-/m0/s1. The smallest absolute Gasteiger partial charge is 0.481 e. The van der Waals surface area contributed by atoms with E-state index in [1.54, 1.807) is 0 Å². The van der Waals surface area contributed by atoms with Gasteiger partial charge in [-0.25, -0.2) is 28.8 Å². The predicted molar refractivity (Wildman–Crippen MR) is 367 cm³/mol. The van der Waals surface area contributed by atoms with Crippen LogP contribution in [-0.2, 0) is 85.0 Å². The van der Waals surface area contributed by atoms with E-state index in [1.807, 2.05) is 10.6 Å². The number of carbonyl (C=O) groups is 14. The number of halogens is 1. The number of rotatable bonds is 36. The zero-order valence-electron chi connectivity index (χ0n) is 59.9. The van der Waals surface area contributed by atoms with E-state index < -0.39 is 244 Å². The maximum Gasteiger partial charge on any atom is 0.519 e. The Kier molecular flexibility index (Phi) is 41.2. The van der Waals surface area contributed by atoms with Gasteiger partial charge in [-0.05, 0) is 72.8 Å². The molecular weight excluding hydrogens is 1450 g/mol. The van der Waals surface area contributed by atoms with Crippen LogP contribution in [0.3, 0.4) is 0 Å². The van der Waals surface area contributed by atoms with Gasteiger partial charge in [0.15, 0.2) is 48.4 Å². The highest BCUT2D eigenvalue weighted by molar-refractivity contribution is 6.18. The number of aryl methyl sites for hydroxylation is 2. The minimum Gasteiger partial charge on any atom is -0.481 e. The van der Waals surface area contributed by atoms with Crippen LogP contribution in [0.1, 0.15) is 166 Å². The van der Waals surface area contributed by atoms with E-state index in [4.69, 9.17) is 49.2 Å². The molecule has 0 unspecified atom stereocenters. The molecule has 2 aromatic rings. The number of alkyl carbamates (subject to hydrolysis) is 2. The highest BCUT2D eigenvalue weighted by Crippen LogP contribution is 2.16. The number of carboxylic acids is 2. The van der Waals surface area contributed by atoms with Crippen LogP contribution in [-0.4, -0.2) is 219 Å². The number of carbonyl (C=O) groups excluding carboxylic acids is 12. The Morgan fingerprint density at radius 3 is 1.59 bits per heavy atom. The van der Waals surface area contributed by atoms with Crippen LogP contribution >= 0.6 is 11.6 Å². The van der Waals surface area contributed by atoms with Gasteiger partial charge in [0.1, 0.15) is 54.6 Å². The second-order valence-electron chi connectivity index (χ2n) is 24.9. The van der Waals surface area contributed by atoms with Crippen molar-refractivity contribution in [3.63, 3.8) is 0 Å². The molecule has 0 aromatic carbocycles. The zero-order valence-corrected chi connectivity index (χ0v) is 60.7. The molecule has 0 aliphatic carbocycles. The van der Waals surface area contributed by atoms with E-state index in [0.717, 1.165) is 64.9 Å². The summed E-state index contributed by atoms with van der Waals surface area (Å²) in [5.74, 6) is -21.9. The number of hydrogen-bond donors (Lipinski definition) is 18. The van der Waals surface area contributed by atoms with Crippen LogP contribution in [0.25, 0.3) is 0 Å². The van der Waals surface area contributed by atoms with Gasteiger partial charge < -0.3 is 127 Å². The van der Waals surface area contributed by atoms with Crippen molar-refractivity contribution in [3.8, 4) is 0 Å². The largest absolute Gasteiger partial charge is 0.519 e. The minimum absolute atomic E-state index is 0.0269. The molecule has 41 nitrogen and oxygen atoms in total. The number of cyclic esters (lactones) is 1. The lowest BCUT2D eigenvalue weighted by molar-refractivity contribution is -0.155. The summed E-state index contributed by atoms with van der Waals surface area (Å²) in [7, 11) is 0. The Morgan fingerprint density at radius 2 is 1.08 bits per heavy atom. The number of aliphatic hydroxyl groups is 4. The van der Waals surface area contributed by atoms with Crippen LogP contribution in [0.4, 0.5) is 9.59 Å². The van der Waals surface area contributed by atoms with Crippen LogP contribution in [0.15, 0.2) is 39.0 Å². The molecule has 0 bridgehead atoms. The first-order valence-electron chi connectivity index (χ1n) is 34.7. The third kappa shape index (κ3) is 33.6. The number of hydrogen-bond acceptors (Lipinski definition) is 28. The summed E-state index contributed by atoms with van der Waals surface area (Å²) in [5, 5.41) is 87.7. The van der Waals surface area contributed by atoms with Crippen molar-refractivity contribution < 1.29 is 130 Å². The molecule has 11 amide bonds. The monoisotopic (exact) mass is 1550 g/mol. The number of amides is 11. The Hall–Kier alpha value is -9.97. The fourth-order valence-electron chi connectivity index (χ4n) is 10.3. The highest BCUT2D eigenvalue weighted by Gasteiger charge is 2.41. The van der Waals surface area contributed by atoms with Crippen LogP contribution < -0.4 is 75.9 Å². The van der Waals surface area contributed by atoms with Crippen LogP contribution in [0.2, 0.25) is 0 Å². The summed E-state index contributed by atoms with van der Waals surface area (Å²) in [6, 6.07) is -17.3. The highest BCUT2D eigenvalue weighted by atomic mass is 35.5. The molecule has 1 saturated heterocycles. The summed E-state index contributed by atoms with van der Waals surface area (Å²) in [4.78, 5) is 216. The third-order valence-corrected chi connectivity index (χ3v) is 16.6. The van der Waals surface area contributed by atoms with Crippen molar-refractivity contribution in [1.82, 2.24) is 58.5 Å². The summed E-state index contributed by atoms with van der Waals surface area (Å²) < 4.78 is 34.6. The van der Waals surface area contributed by atoms with Gasteiger partial charge in [-0.3, -0.25) is 47.9 Å². The number of ether oxygens (including phenoxy) is 3. The number of carboxylic acid groups (broad SMARTS) is 2. The number of aliphatic carboxylic acids is 2. The molecule has 1 aliphatic rings. The molecule has 0 radical (unpaired) electrons. The number of esters is 1. The molecule has 12 atom stereocenters. The van der Waals surface area contributed by atoms with Crippen LogP contribution in [0, 0.1) is 13.8 Å². The van der Waals surface area contributed by atoms with E-state index in [0.29, 0.717) is 12.8 Å². The molecule has 2 aromatic heterocycles. The Bertz CT molecular complexity index is 3460. The Labute approximate surface area is 617 Å². The Morgan fingerprint density at radius 1 is 0.589 bits per heavy atom. The van der Waals surface area contributed by atoms with Gasteiger partial charge in [0.05, 0.1) is 37.0 Å². The van der Waals surface area contributed by atoms with E-state index in [-0.39, 0.29) is 48.8 Å². The lowest BCUT2D eigenvalue weighted by atomic mass is 10.0. The third-order valence-electron chi connectivity index (χ3n) is 16.3. The van der Waals surface area contributed by atoms with E-state index >= 15 is 0 Å². The molecule has 19 N–H and O–H groups in total. The Balaban J connectivity index is 2.22. The fourth-order valence-corrected chi connectivity index (χ4v) is 10.5. The molecular formula is C65H99ClN12O29. The number of aliphatic hydroxyl groups excluding tert-OH is 4. The molecule has 0 spiro atoms. The normalized spacial score (nSPS) is 21.5. The number of unbranched alkanes of at least 4 members (excludes halogenated alkanes) is 11. The molecule has 0 saturated carbocycles. The lowest BCUT2D eigenvalue weighted by Crippen LogP contribution is -2.62. The van der Waals surface area contributed by atoms with Gasteiger partial charge in [-0.2, -0.15) is 0 Å². The van der Waals surface area contributed by atoms with Crippen molar-refractivity contribution in [2.24, 2.45) is 5.73 Å². The van der Waals surface area contributed by atoms with E-state index in [1.165, 1.54) is 26.7 Å². The molecule has 1 fully saturated rings. The molecule has 107 heavy (non-hydrogen) atoms. The second kappa shape index (κ2) is 48.3. The van der Waals surface area contributed by atoms with Gasteiger partial charge >= 0.3 is 41.7 Å². The predicted octanol–water partition coefficient (Wildman–Crippen LogP) is -2.73. The summed E-state index contributed by atoms with van der Waals surface area (Å²) in [6.07, 6.45) is -2.79. The van der Waals surface area contributed by atoms with E-state index in [9.17, 15) is 107 Å². The van der Waals surface area contributed by atoms with Crippen molar-refractivity contribution in [1.29, 1.82) is 0 Å². The first kappa shape index (κ1) is 91.2. The summed E-state index contributed by atoms with van der Waals surface area (Å²) >= 11 is 5.92. The number of allylic oxidation sites excluding steroid dienone is 1. The molecule has 3 heterocycles. The maximum atomic E-state index is 14.7. The lowest BCUT2D eigenvalue weighted by Gasteiger charge is -2.28. The second-order valence-corrected chi connectivity index (χ2v) is 25.2. The molecule has 42 heteroatoms. The summed E-state index contributed by atoms with van der Waals surface area (Å²) in [6.45, 7) is 3.12. The zero-order chi connectivity index (χ0) is 79.9. The van der Waals surface area contributed by atoms with Crippen molar-refractivity contribution in [3.05, 3.63) is 56.0 Å². The minimum atomic E-state index is -2.91. The van der Waals surface area contributed by atoms with Crippen LogP contribution in [0.5, 0.6) is 0 Å². The topological polar surface area (TPSA) is 633 Å². The number of nitrogens with one attached hydrogen (secondary N) is 11. The average Bonchev–Trinajstić information content (AvgIpc) is 1.73. The molecule has 1 aliphatic heterocycles. The molecule has 3 rings (SSSR count). The van der Waals surface area contributed by atoms with Crippen molar-refractivity contribution >= 4 is 94.9 Å². The summed E-state index contributed by atoms with van der Waals surface area (Å²) in [5.41, 5.74) is 4.98.